The van der Waals surface area contributed by atoms with Crippen LogP contribution in [0.4, 0.5) is 5.95 Å². The van der Waals surface area contributed by atoms with E-state index < -0.39 is 17.4 Å². The molecule has 1 aliphatic heterocycles. The smallest absolute Gasteiger partial charge is 0.329 e. The lowest BCUT2D eigenvalue weighted by Gasteiger charge is -2.28. The van der Waals surface area contributed by atoms with E-state index in [-0.39, 0.29) is 18.7 Å². The van der Waals surface area contributed by atoms with Crippen LogP contribution in [-0.4, -0.2) is 50.0 Å². The Balaban J connectivity index is 1.65. The third-order valence-corrected chi connectivity index (χ3v) is 5.99. The van der Waals surface area contributed by atoms with Gasteiger partial charge in [0.25, 0.3) is 5.56 Å². The van der Waals surface area contributed by atoms with Crippen LogP contribution in [0.1, 0.15) is 19.3 Å². The van der Waals surface area contributed by atoms with Crippen molar-refractivity contribution in [3.05, 3.63) is 48.7 Å². The van der Waals surface area contributed by atoms with Gasteiger partial charge >= 0.3 is 5.69 Å². The molecule has 1 atom stereocenters. The number of ether oxygens (including phenoxy) is 1. The first kappa shape index (κ1) is 20.9. The second-order valence-electron chi connectivity index (χ2n) is 7.48. The number of nitrogens with zero attached hydrogens (tertiary/aromatic N) is 4. The zero-order chi connectivity index (χ0) is 21.3. The second kappa shape index (κ2) is 8.80. The number of halogens is 1. The van der Waals surface area contributed by atoms with Gasteiger partial charge in [0.1, 0.15) is 18.5 Å². The van der Waals surface area contributed by atoms with Gasteiger partial charge in [-0.05, 0) is 66.1 Å². The molecule has 0 radical (unpaired) electrons. The molecule has 1 saturated heterocycles. The first-order valence-electron chi connectivity index (χ1n) is 9.95. The highest BCUT2D eigenvalue weighted by Crippen LogP contribution is 2.23. The lowest BCUT2D eigenvalue weighted by molar-refractivity contribution is 0.0936. The van der Waals surface area contributed by atoms with E-state index in [0.29, 0.717) is 17.3 Å². The molecule has 4 rings (SSSR count). The van der Waals surface area contributed by atoms with E-state index in [1.165, 1.54) is 4.57 Å². The number of aromatic amines is 1. The topological polar surface area (TPSA) is 105 Å². The van der Waals surface area contributed by atoms with Gasteiger partial charge in [-0.1, -0.05) is 0 Å². The molecule has 1 fully saturated rings. The molecule has 2 N–H and O–H groups in total. The average Bonchev–Trinajstić information content (AvgIpc) is 3.12. The van der Waals surface area contributed by atoms with Crippen molar-refractivity contribution in [3.63, 3.8) is 0 Å². The lowest BCUT2D eigenvalue weighted by atomic mass is 10.1. The van der Waals surface area contributed by atoms with E-state index in [4.69, 9.17) is 4.74 Å². The monoisotopic (exact) mass is 525 g/mol. The van der Waals surface area contributed by atoms with E-state index in [2.05, 4.69) is 37.5 Å². The third-order valence-electron chi connectivity index (χ3n) is 5.28. The number of aryl methyl sites for hydroxylation is 1. The van der Waals surface area contributed by atoms with Crippen LogP contribution in [-0.2, 0) is 13.6 Å². The standard InChI is InChI=1S/C20H24IN5O4/c1-24-17-16(18(28)23-20(24)29)26(19(22-17)25-9-3-2-4-10-25)11-14(27)12-30-15-7-5-13(21)6-8-15/h5-8,14,27H,2-4,9-12H2,1H3,(H,23,28,29)/t14-/m1/s1. The molecule has 2 aromatic heterocycles. The maximum absolute atomic E-state index is 12.6. The first-order chi connectivity index (χ1) is 14.4. The fraction of sp³-hybridized carbons (Fsp3) is 0.450. The summed E-state index contributed by atoms with van der Waals surface area (Å²) in [4.78, 5) is 33.7. The molecule has 0 amide bonds. The quantitative estimate of drug-likeness (QED) is 0.473. The Hall–Kier alpha value is -2.34. The molecule has 10 heteroatoms. The van der Waals surface area contributed by atoms with Crippen LogP contribution < -0.4 is 20.9 Å². The van der Waals surface area contributed by atoms with E-state index in [0.717, 1.165) is 35.9 Å². The van der Waals surface area contributed by atoms with Gasteiger partial charge in [-0.25, -0.2) is 4.79 Å². The number of anilines is 1. The molecule has 30 heavy (non-hydrogen) atoms. The van der Waals surface area contributed by atoms with Crippen LogP contribution in [0.15, 0.2) is 33.9 Å². The average molecular weight is 525 g/mol. The van der Waals surface area contributed by atoms with Crippen molar-refractivity contribution in [2.45, 2.75) is 31.9 Å². The van der Waals surface area contributed by atoms with Gasteiger partial charge in [-0.3, -0.25) is 14.3 Å². The zero-order valence-corrected chi connectivity index (χ0v) is 18.8. The maximum Gasteiger partial charge on any atom is 0.329 e. The molecule has 0 saturated carbocycles. The Morgan fingerprint density at radius 1 is 1.20 bits per heavy atom. The number of benzene rings is 1. The van der Waals surface area contributed by atoms with Crippen LogP contribution in [0.5, 0.6) is 5.75 Å². The minimum atomic E-state index is -0.859. The van der Waals surface area contributed by atoms with E-state index in [1.54, 1.807) is 11.6 Å². The summed E-state index contributed by atoms with van der Waals surface area (Å²) in [7, 11) is 1.58. The van der Waals surface area contributed by atoms with Gasteiger partial charge in [0.05, 0.1) is 6.54 Å². The van der Waals surface area contributed by atoms with Gasteiger partial charge in [0.15, 0.2) is 11.2 Å². The highest BCUT2D eigenvalue weighted by Gasteiger charge is 2.24. The second-order valence-corrected chi connectivity index (χ2v) is 8.73. The Morgan fingerprint density at radius 3 is 2.60 bits per heavy atom. The van der Waals surface area contributed by atoms with Crippen molar-refractivity contribution in [1.29, 1.82) is 0 Å². The minimum absolute atomic E-state index is 0.0728. The number of piperidine rings is 1. The minimum Gasteiger partial charge on any atom is -0.491 e. The summed E-state index contributed by atoms with van der Waals surface area (Å²) in [6.07, 6.45) is 2.37. The van der Waals surface area contributed by atoms with Gasteiger partial charge in [-0.15, -0.1) is 0 Å². The fourth-order valence-corrected chi connectivity index (χ4v) is 4.08. The Kier molecular flexibility index (Phi) is 6.14. The van der Waals surface area contributed by atoms with Crippen molar-refractivity contribution >= 4 is 39.7 Å². The number of aromatic nitrogens is 4. The number of H-pyrrole nitrogens is 1. The molecule has 3 heterocycles. The number of rotatable bonds is 6. The molecule has 1 aromatic carbocycles. The van der Waals surface area contributed by atoms with E-state index in [9.17, 15) is 14.7 Å². The van der Waals surface area contributed by atoms with Crippen molar-refractivity contribution in [2.24, 2.45) is 7.05 Å². The molecular formula is C20H24IN5O4. The normalized spacial score (nSPS) is 15.5. The van der Waals surface area contributed by atoms with E-state index >= 15 is 0 Å². The van der Waals surface area contributed by atoms with Gasteiger partial charge in [-0.2, -0.15) is 4.98 Å². The number of aliphatic hydroxyl groups is 1. The van der Waals surface area contributed by atoms with Gasteiger partial charge < -0.3 is 19.3 Å². The largest absolute Gasteiger partial charge is 0.491 e. The molecule has 0 unspecified atom stereocenters. The highest BCUT2D eigenvalue weighted by atomic mass is 127. The maximum atomic E-state index is 12.6. The Bertz CT molecular complexity index is 1140. The van der Waals surface area contributed by atoms with Crippen molar-refractivity contribution < 1.29 is 9.84 Å². The van der Waals surface area contributed by atoms with E-state index in [1.807, 2.05) is 24.3 Å². The van der Waals surface area contributed by atoms with Crippen molar-refractivity contribution in [1.82, 2.24) is 19.1 Å². The first-order valence-corrected chi connectivity index (χ1v) is 11.0. The Morgan fingerprint density at radius 2 is 1.90 bits per heavy atom. The summed E-state index contributed by atoms with van der Waals surface area (Å²) >= 11 is 2.22. The predicted octanol–water partition coefficient (Wildman–Crippen LogP) is 1.46. The van der Waals surface area contributed by atoms with Crippen LogP contribution in [0.2, 0.25) is 0 Å². The summed E-state index contributed by atoms with van der Waals surface area (Å²) in [5, 5.41) is 10.7. The predicted molar refractivity (Wildman–Crippen MR) is 122 cm³/mol. The van der Waals surface area contributed by atoms with Gasteiger partial charge in [0, 0.05) is 23.7 Å². The van der Waals surface area contributed by atoms with Crippen LogP contribution in [0.3, 0.4) is 0 Å². The number of hydrogen-bond acceptors (Lipinski definition) is 6. The van der Waals surface area contributed by atoms with Crippen molar-refractivity contribution in [3.8, 4) is 5.75 Å². The molecule has 1 aliphatic rings. The summed E-state index contributed by atoms with van der Waals surface area (Å²) in [5.74, 6) is 1.27. The summed E-state index contributed by atoms with van der Waals surface area (Å²) < 4.78 is 9.84. The fourth-order valence-electron chi connectivity index (χ4n) is 3.72. The highest BCUT2D eigenvalue weighted by molar-refractivity contribution is 14.1. The van der Waals surface area contributed by atoms with Gasteiger partial charge in [0.2, 0.25) is 5.95 Å². The lowest BCUT2D eigenvalue weighted by Crippen LogP contribution is -2.34. The molecule has 160 valence electrons. The molecule has 0 aliphatic carbocycles. The zero-order valence-electron chi connectivity index (χ0n) is 16.7. The number of hydrogen-bond donors (Lipinski definition) is 2. The molecule has 0 bridgehead atoms. The summed E-state index contributed by atoms with van der Waals surface area (Å²) in [5.41, 5.74) is -0.416. The third kappa shape index (κ3) is 4.24. The number of imidazole rings is 1. The molecule has 9 nitrogen and oxygen atoms in total. The molecular weight excluding hydrogens is 501 g/mol. The van der Waals surface area contributed by atoms with Crippen LogP contribution >= 0.6 is 22.6 Å². The Labute approximate surface area is 186 Å². The van der Waals surface area contributed by atoms with Crippen LogP contribution in [0.25, 0.3) is 11.2 Å². The number of aliphatic hydroxyl groups excluding tert-OH is 1. The van der Waals surface area contributed by atoms with Crippen LogP contribution in [0, 0.1) is 3.57 Å². The SMILES string of the molecule is Cn1c(=O)[nH]c(=O)c2c1nc(N1CCCCC1)n2C[C@@H](O)COc1ccc(I)cc1. The van der Waals surface area contributed by atoms with Crippen molar-refractivity contribution in [2.75, 3.05) is 24.6 Å². The summed E-state index contributed by atoms with van der Waals surface area (Å²) in [6, 6.07) is 7.56. The number of nitrogens with one attached hydrogen (secondary N) is 1. The molecule has 0 spiro atoms. The number of fused-ring (bicyclic) bond motifs is 1. The molecule has 3 aromatic rings. The summed E-state index contributed by atoms with van der Waals surface area (Å²) in [6.45, 7) is 1.85.